The van der Waals surface area contributed by atoms with Crippen LogP contribution in [0.4, 0.5) is 17.6 Å². The molecule has 2 aromatic rings. The summed E-state index contributed by atoms with van der Waals surface area (Å²) in [5, 5.41) is 0. The standard InChI is InChI=1S/C28H34F4/c1-18-3-9-21(10-4-18)22-13-7-20(8-14-22)17-28(31,32)25-16-15-24(26(29)27(25)30)23-11-5-19(2)6-12-23/h7-8,13-16,18-19,21,23H,3-6,9-12,17H2,1-2H3. The van der Waals surface area contributed by atoms with Crippen molar-refractivity contribution in [2.45, 2.75) is 89.4 Å². The minimum atomic E-state index is -3.47. The molecular weight excluding hydrogens is 412 g/mol. The van der Waals surface area contributed by atoms with Gasteiger partial charge in [-0.25, -0.2) is 17.6 Å². The highest BCUT2D eigenvalue weighted by atomic mass is 19.3. The zero-order valence-electron chi connectivity index (χ0n) is 19.1. The normalized spacial score (nSPS) is 26.8. The van der Waals surface area contributed by atoms with Crippen molar-refractivity contribution in [3.05, 3.63) is 70.3 Å². The molecule has 2 aliphatic carbocycles. The third-order valence-corrected chi connectivity index (χ3v) is 7.86. The number of rotatable bonds is 5. The van der Waals surface area contributed by atoms with Crippen LogP contribution in [-0.4, -0.2) is 0 Å². The van der Waals surface area contributed by atoms with Gasteiger partial charge in [0.15, 0.2) is 11.6 Å². The van der Waals surface area contributed by atoms with Gasteiger partial charge in [-0.1, -0.05) is 69.9 Å². The zero-order valence-corrected chi connectivity index (χ0v) is 19.1. The van der Waals surface area contributed by atoms with Crippen molar-refractivity contribution in [1.82, 2.24) is 0 Å². The Bertz CT molecular complexity index is 902. The lowest BCUT2D eigenvalue weighted by molar-refractivity contribution is -0.00800. The van der Waals surface area contributed by atoms with Crippen LogP contribution >= 0.6 is 0 Å². The SMILES string of the molecule is CC1CCC(c2ccc(CC(F)(F)c3ccc(C4CCC(C)CC4)c(F)c3F)cc2)CC1. The van der Waals surface area contributed by atoms with E-state index < -0.39 is 29.5 Å². The average Bonchev–Trinajstić information content (AvgIpc) is 2.77. The van der Waals surface area contributed by atoms with Crippen LogP contribution in [-0.2, 0) is 12.3 Å². The van der Waals surface area contributed by atoms with E-state index in [1.165, 1.54) is 24.5 Å². The summed E-state index contributed by atoms with van der Waals surface area (Å²) >= 11 is 0. The van der Waals surface area contributed by atoms with Gasteiger partial charge in [0.2, 0.25) is 0 Å². The fourth-order valence-corrected chi connectivity index (χ4v) is 5.59. The maximum Gasteiger partial charge on any atom is 0.280 e. The molecule has 0 spiro atoms. The molecule has 174 valence electrons. The maximum absolute atomic E-state index is 15.0. The van der Waals surface area contributed by atoms with Crippen molar-refractivity contribution in [3.8, 4) is 0 Å². The third kappa shape index (κ3) is 5.05. The summed E-state index contributed by atoms with van der Waals surface area (Å²) in [6.45, 7) is 4.42. The van der Waals surface area contributed by atoms with Gasteiger partial charge in [0.05, 0.1) is 5.56 Å². The molecule has 4 heteroatoms. The van der Waals surface area contributed by atoms with Crippen molar-refractivity contribution in [2.24, 2.45) is 11.8 Å². The van der Waals surface area contributed by atoms with Crippen molar-refractivity contribution < 1.29 is 17.6 Å². The summed E-state index contributed by atoms with van der Waals surface area (Å²) < 4.78 is 59.6. The van der Waals surface area contributed by atoms with Crippen LogP contribution in [0.3, 0.4) is 0 Å². The Morgan fingerprint density at radius 2 is 1.22 bits per heavy atom. The van der Waals surface area contributed by atoms with Crippen LogP contribution in [0.15, 0.2) is 36.4 Å². The van der Waals surface area contributed by atoms with E-state index in [4.69, 9.17) is 0 Å². The monoisotopic (exact) mass is 446 g/mol. The summed E-state index contributed by atoms with van der Waals surface area (Å²) in [7, 11) is 0. The number of hydrogen-bond donors (Lipinski definition) is 0. The zero-order chi connectivity index (χ0) is 22.9. The second-order valence-electron chi connectivity index (χ2n) is 10.4. The maximum atomic E-state index is 15.0. The molecule has 0 saturated heterocycles. The van der Waals surface area contributed by atoms with Crippen molar-refractivity contribution >= 4 is 0 Å². The Balaban J connectivity index is 1.47. The molecular formula is C28H34F4. The molecule has 2 aliphatic rings. The van der Waals surface area contributed by atoms with E-state index in [1.54, 1.807) is 12.1 Å². The first kappa shape index (κ1) is 23.3. The lowest BCUT2D eigenvalue weighted by atomic mass is 9.79. The molecule has 0 N–H and O–H groups in total. The van der Waals surface area contributed by atoms with Gasteiger partial charge in [0.25, 0.3) is 5.92 Å². The molecule has 0 amide bonds. The molecule has 0 nitrogen and oxygen atoms in total. The lowest BCUT2D eigenvalue weighted by Crippen LogP contribution is -2.21. The Kier molecular flexibility index (Phi) is 6.97. The average molecular weight is 447 g/mol. The van der Waals surface area contributed by atoms with Gasteiger partial charge >= 0.3 is 0 Å². The Labute approximate surface area is 189 Å². The van der Waals surface area contributed by atoms with Crippen molar-refractivity contribution in [3.63, 3.8) is 0 Å². The van der Waals surface area contributed by atoms with Crippen LogP contribution in [0.2, 0.25) is 0 Å². The van der Waals surface area contributed by atoms with Gasteiger partial charge in [-0.3, -0.25) is 0 Å². The third-order valence-electron chi connectivity index (χ3n) is 7.86. The predicted molar refractivity (Wildman–Crippen MR) is 121 cm³/mol. The van der Waals surface area contributed by atoms with E-state index in [2.05, 4.69) is 13.8 Å². The summed E-state index contributed by atoms with van der Waals surface area (Å²) in [5.41, 5.74) is 1.04. The molecule has 0 atom stereocenters. The highest BCUT2D eigenvalue weighted by Crippen LogP contribution is 2.41. The molecule has 2 aromatic carbocycles. The van der Waals surface area contributed by atoms with Gasteiger partial charge in [-0.15, -0.1) is 0 Å². The van der Waals surface area contributed by atoms with Gasteiger partial charge in [-0.05, 0) is 72.1 Å². The van der Waals surface area contributed by atoms with E-state index in [-0.39, 0.29) is 11.5 Å². The fourth-order valence-electron chi connectivity index (χ4n) is 5.59. The van der Waals surface area contributed by atoms with E-state index in [0.29, 0.717) is 17.4 Å². The predicted octanol–water partition coefficient (Wildman–Crippen LogP) is 8.89. The van der Waals surface area contributed by atoms with E-state index in [1.807, 2.05) is 12.1 Å². The number of hydrogen-bond acceptors (Lipinski definition) is 0. The molecule has 0 heterocycles. The van der Waals surface area contributed by atoms with Gasteiger partial charge in [0.1, 0.15) is 0 Å². The fraction of sp³-hybridized carbons (Fsp3) is 0.571. The summed E-state index contributed by atoms with van der Waals surface area (Å²) in [4.78, 5) is 0. The first-order valence-corrected chi connectivity index (χ1v) is 12.2. The lowest BCUT2D eigenvalue weighted by Gasteiger charge is -2.27. The second-order valence-corrected chi connectivity index (χ2v) is 10.4. The van der Waals surface area contributed by atoms with Crippen molar-refractivity contribution in [2.75, 3.05) is 0 Å². The first-order chi connectivity index (χ1) is 15.2. The van der Waals surface area contributed by atoms with E-state index in [9.17, 15) is 17.6 Å². The molecule has 0 aromatic heterocycles. The molecule has 2 saturated carbocycles. The Morgan fingerprint density at radius 3 is 1.78 bits per heavy atom. The van der Waals surface area contributed by atoms with Crippen LogP contribution in [0.5, 0.6) is 0 Å². The van der Waals surface area contributed by atoms with Crippen LogP contribution in [0.1, 0.15) is 99.3 Å². The first-order valence-electron chi connectivity index (χ1n) is 12.2. The highest BCUT2D eigenvalue weighted by Gasteiger charge is 2.37. The smallest absolute Gasteiger partial charge is 0.203 e. The highest BCUT2D eigenvalue weighted by molar-refractivity contribution is 5.34. The minimum Gasteiger partial charge on any atom is -0.203 e. The van der Waals surface area contributed by atoms with Gasteiger partial charge in [-0.2, -0.15) is 0 Å². The van der Waals surface area contributed by atoms with E-state index >= 15 is 0 Å². The molecule has 4 rings (SSSR count). The largest absolute Gasteiger partial charge is 0.280 e. The number of alkyl halides is 2. The molecule has 0 radical (unpaired) electrons. The molecule has 0 unspecified atom stereocenters. The summed E-state index contributed by atoms with van der Waals surface area (Å²) in [6.07, 6.45) is 7.50. The Hall–Kier alpha value is -1.84. The molecule has 0 bridgehead atoms. The molecule has 32 heavy (non-hydrogen) atoms. The van der Waals surface area contributed by atoms with Crippen LogP contribution in [0, 0.1) is 23.5 Å². The quantitative estimate of drug-likeness (QED) is 0.402. The van der Waals surface area contributed by atoms with Gasteiger partial charge in [0, 0.05) is 6.42 Å². The van der Waals surface area contributed by atoms with Crippen molar-refractivity contribution in [1.29, 1.82) is 0 Å². The minimum absolute atomic E-state index is 0.0845. The van der Waals surface area contributed by atoms with E-state index in [0.717, 1.165) is 50.5 Å². The molecule has 2 fully saturated rings. The van der Waals surface area contributed by atoms with Gasteiger partial charge < -0.3 is 0 Å². The summed E-state index contributed by atoms with van der Waals surface area (Å²) in [5.74, 6) is -4.21. The Morgan fingerprint density at radius 1 is 0.688 bits per heavy atom. The molecule has 0 aliphatic heterocycles. The van der Waals surface area contributed by atoms with Crippen LogP contribution < -0.4 is 0 Å². The second kappa shape index (κ2) is 9.57. The summed E-state index contributed by atoms with van der Waals surface area (Å²) in [6, 6.07) is 9.77. The number of benzene rings is 2. The number of halogens is 4. The topological polar surface area (TPSA) is 0 Å². The van der Waals surface area contributed by atoms with Crippen LogP contribution in [0.25, 0.3) is 0 Å².